The summed E-state index contributed by atoms with van der Waals surface area (Å²) in [5, 5.41) is 9.31. The minimum Gasteiger partial charge on any atom is -0.480 e. The normalized spacial score (nSPS) is 12.0. The first-order valence-corrected chi connectivity index (χ1v) is 7.15. The van der Waals surface area contributed by atoms with E-state index in [0.717, 1.165) is 5.56 Å². The van der Waals surface area contributed by atoms with Crippen molar-refractivity contribution < 1.29 is 19.4 Å². The van der Waals surface area contributed by atoms with Crippen molar-refractivity contribution in [2.24, 2.45) is 5.92 Å². The molecule has 0 aliphatic carbocycles. The number of rotatable bonds is 7. The van der Waals surface area contributed by atoms with Crippen LogP contribution in [0, 0.1) is 5.92 Å². The van der Waals surface area contributed by atoms with E-state index in [1.807, 2.05) is 44.2 Å². The van der Waals surface area contributed by atoms with E-state index in [1.54, 1.807) is 6.92 Å². The predicted octanol–water partition coefficient (Wildman–Crippen LogP) is 3.14. The van der Waals surface area contributed by atoms with Crippen molar-refractivity contribution >= 4 is 12.1 Å². The summed E-state index contributed by atoms with van der Waals surface area (Å²) in [6.07, 6.45) is -0.182. The number of likely N-dealkylation sites (N-methyl/N-ethyl adjacent to an activating group) is 1. The van der Waals surface area contributed by atoms with Crippen molar-refractivity contribution in [3.63, 3.8) is 0 Å². The number of hydrogen-bond acceptors (Lipinski definition) is 3. The van der Waals surface area contributed by atoms with Crippen molar-refractivity contribution in [2.45, 2.75) is 39.8 Å². The van der Waals surface area contributed by atoms with Gasteiger partial charge in [0.1, 0.15) is 12.6 Å². The van der Waals surface area contributed by atoms with Crippen molar-refractivity contribution in [2.75, 3.05) is 6.54 Å². The molecular weight excluding hydrogens is 270 g/mol. The van der Waals surface area contributed by atoms with E-state index < -0.39 is 18.1 Å². The highest BCUT2D eigenvalue weighted by Gasteiger charge is 2.30. The first-order chi connectivity index (χ1) is 9.95. The zero-order valence-electron chi connectivity index (χ0n) is 12.8. The molecule has 0 spiro atoms. The van der Waals surface area contributed by atoms with Gasteiger partial charge in [-0.3, -0.25) is 4.90 Å². The van der Waals surface area contributed by atoms with Crippen LogP contribution in [0.3, 0.4) is 0 Å². The molecule has 0 bridgehead atoms. The largest absolute Gasteiger partial charge is 0.480 e. The molecule has 0 saturated carbocycles. The Bertz CT molecular complexity index is 459. The Morgan fingerprint density at radius 3 is 2.33 bits per heavy atom. The summed E-state index contributed by atoms with van der Waals surface area (Å²) < 4.78 is 5.22. The molecule has 0 aliphatic heterocycles. The molecule has 1 unspecified atom stereocenters. The lowest BCUT2D eigenvalue weighted by Crippen LogP contribution is -2.45. The van der Waals surface area contributed by atoms with Crippen LogP contribution in [-0.4, -0.2) is 34.7 Å². The quantitative estimate of drug-likeness (QED) is 0.838. The Kier molecular flexibility index (Phi) is 6.72. The van der Waals surface area contributed by atoms with Crippen LogP contribution < -0.4 is 0 Å². The van der Waals surface area contributed by atoms with Gasteiger partial charge < -0.3 is 9.84 Å². The summed E-state index contributed by atoms with van der Waals surface area (Å²) in [4.78, 5) is 24.7. The Morgan fingerprint density at radius 2 is 1.86 bits per heavy atom. The number of carboxylic acid groups (broad SMARTS) is 1. The fraction of sp³-hybridized carbons (Fsp3) is 0.500. The van der Waals surface area contributed by atoms with E-state index in [0.29, 0.717) is 13.0 Å². The number of carbonyl (C=O) groups is 2. The molecule has 0 aromatic heterocycles. The third-order valence-corrected chi connectivity index (χ3v) is 3.14. The van der Waals surface area contributed by atoms with Gasteiger partial charge in [0.15, 0.2) is 0 Å². The maximum Gasteiger partial charge on any atom is 0.410 e. The lowest BCUT2D eigenvalue weighted by Gasteiger charge is -2.28. The second-order valence-corrected chi connectivity index (χ2v) is 5.31. The molecular formula is C16H23NO4. The number of hydrogen-bond donors (Lipinski definition) is 1. The molecule has 21 heavy (non-hydrogen) atoms. The molecule has 0 heterocycles. The number of ether oxygens (including phenoxy) is 1. The van der Waals surface area contributed by atoms with E-state index in [9.17, 15) is 14.7 Å². The van der Waals surface area contributed by atoms with Crippen LogP contribution >= 0.6 is 0 Å². The second kappa shape index (κ2) is 8.29. The first-order valence-electron chi connectivity index (χ1n) is 7.15. The van der Waals surface area contributed by atoms with Crippen molar-refractivity contribution in [3.8, 4) is 0 Å². The summed E-state index contributed by atoms with van der Waals surface area (Å²) in [5.74, 6) is -0.815. The molecule has 5 nitrogen and oxygen atoms in total. The fourth-order valence-electron chi connectivity index (χ4n) is 2.09. The number of amides is 1. The van der Waals surface area contributed by atoms with Crippen LogP contribution in [0.1, 0.15) is 32.8 Å². The monoisotopic (exact) mass is 293 g/mol. The Balaban J connectivity index is 2.68. The average Bonchev–Trinajstić information content (AvgIpc) is 2.45. The molecule has 5 heteroatoms. The lowest BCUT2D eigenvalue weighted by atomic mass is 10.0. The number of nitrogens with zero attached hydrogens (tertiary/aromatic N) is 1. The van der Waals surface area contributed by atoms with Crippen LogP contribution in [-0.2, 0) is 16.1 Å². The van der Waals surface area contributed by atoms with Gasteiger partial charge in [0.2, 0.25) is 0 Å². The molecule has 1 atom stereocenters. The minimum atomic E-state index is -0.998. The summed E-state index contributed by atoms with van der Waals surface area (Å²) in [7, 11) is 0. The maximum absolute atomic E-state index is 12.1. The molecule has 0 aliphatic rings. The van der Waals surface area contributed by atoms with Gasteiger partial charge in [-0.15, -0.1) is 0 Å². The molecule has 1 N–H and O–H groups in total. The standard InChI is InChI=1S/C16H23NO4/c1-4-17(14(15(18)19)10-12(2)3)16(20)21-11-13-8-6-5-7-9-13/h5-9,12,14H,4,10-11H2,1-3H3,(H,18,19). The molecule has 0 radical (unpaired) electrons. The summed E-state index contributed by atoms with van der Waals surface area (Å²) >= 11 is 0. The topological polar surface area (TPSA) is 66.8 Å². The van der Waals surface area contributed by atoms with Gasteiger partial charge in [-0.25, -0.2) is 9.59 Å². The number of benzene rings is 1. The highest BCUT2D eigenvalue weighted by molar-refractivity contribution is 5.80. The number of carbonyl (C=O) groups excluding carboxylic acids is 1. The second-order valence-electron chi connectivity index (χ2n) is 5.31. The van der Waals surface area contributed by atoms with Crippen LogP contribution in [0.2, 0.25) is 0 Å². The molecule has 1 amide bonds. The van der Waals surface area contributed by atoms with E-state index in [4.69, 9.17) is 4.74 Å². The highest BCUT2D eigenvalue weighted by atomic mass is 16.6. The average molecular weight is 293 g/mol. The molecule has 1 aromatic carbocycles. The van der Waals surface area contributed by atoms with Gasteiger partial charge in [-0.2, -0.15) is 0 Å². The van der Waals surface area contributed by atoms with Crippen LogP contribution in [0.15, 0.2) is 30.3 Å². The smallest absolute Gasteiger partial charge is 0.410 e. The van der Waals surface area contributed by atoms with Gasteiger partial charge in [0.05, 0.1) is 0 Å². The molecule has 0 saturated heterocycles. The van der Waals surface area contributed by atoms with Crippen molar-refractivity contribution in [3.05, 3.63) is 35.9 Å². The maximum atomic E-state index is 12.1. The lowest BCUT2D eigenvalue weighted by molar-refractivity contribution is -0.143. The van der Waals surface area contributed by atoms with Crippen LogP contribution in [0.25, 0.3) is 0 Å². The molecule has 116 valence electrons. The Morgan fingerprint density at radius 1 is 1.24 bits per heavy atom. The predicted molar refractivity (Wildman–Crippen MR) is 79.9 cm³/mol. The highest BCUT2D eigenvalue weighted by Crippen LogP contribution is 2.14. The fourth-order valence-corrected chi connectivity index (χ4v) is 2.09. The Labute approximate surface area is 125 Å². The molecule has 0 fully saturated rings. The summed E-state index contributed by atoms with van der Waals surface area (Å²) in [6, 6.07) is 8.46. The Hall–Kier alpha value is -2.04. The molecule has 1 rings (SSSR count). The van der Waals surface area contributed by atoms with Crippen molar-refractivity contribution in [1.82, 2.24) is 4.90 Å². The zero-order chi connectivity index (χ0) is 15.8. The van der Waals surface area contributed by atoms with Crippen molar-refractivity contribution in [1.29, 1.82) is 0 Å². The van der Waals surface area contributed by atoms with E-state index in [-0.39, 0.29) is 12.5 Å². The summed E-state index contributed by atoms with van der Waals surface area (Å²) in [5.41, 5.74) is 0.873. The number of aliphatic carboxylic acids is 1. The van der Waals surface area contributed by atoms with Gasteiger partial charge in [0, 0.05) is 6.54 Å². The van der Waals surface area contributed by atoms with E-state index >= 15 is 0 Å². The van der Waals surface area contributed by atoms with Gasteiger partial charge in [-0.1, -0.05) is 44.2 Å². The van der Waals surface area contributed by atoms with Gasteiger partial charge >= 0.3 is 12.1 Å². The van der Waals surface area contributed by atoms with Gasteiger partial charge in [-0.05, 0) is 24.8 Å². The van der Waals surface area contributed by atoms with Gasteiger partial charge in [0.25, 0.3) is 0 Å². The minimum absolute atomic E-state index is 0.143. The summed E-state index contributed by atoms with van der Waals surface area (Å²) in [6.45, 7) is 6.06. The third-order valence-electron chi connectivity index (χ3n) is 3.14. The zero-order valence-corrected chi connectivity index (χ0v) is 12.8. The van der Waals surface area contributed by atoms with E-state index in [1.165, 1.54) is 4.90 Å². The van der Waals surface area contributed by atoms with Crippen LogP contribution in [0.4, 0.5) is 4.79 Å². The SMILES string of the molecule is CCN(C(=O)OCc1ccccc1)C(CC(C)C)C(=O)O. The molecule has 1 aromatic rings. The first kappa shape index (κ1) is 17.0. The third kappa shape index (κ3) is 5.45. The van der Waals surface area contributed by atoms with E-state index in [2.05, 4.69) is 0 Å². The van der Waals surface area contributed by atoms with Crippen LogP contribution in [0.5, 0.6) is 0 Å². The number of carboxylic acids is 1.